The normalized spacial score (nSPS) is 19.1. The molecular weight excluding hydrogens is 295 g/mol. The van der Waals surface area contributed by atoms with Gasteiger partial charge in [0.2, 0.25) is 0 Å². The lowest BCUT2D eigenvalue weighted by atomic mass is 9.77. The fraction of sp³-hybridized carbons (Fsp3) is 0.471. The summed E-state index contributed by atoms with van der Waals surface area (Å²) < 4.78 is 22.2. The van der Waals surface area contributed by atoms with Gasteiger partial charge >= 0.3 is 13.1 Å². The van der Waals surface area contributed by atoms with Gasteiger partial charge in [-0.15, -0.1) is 0 Å². The first-order valence-corrected chi connectivity index (χ1v) is 7.50. The third kappa shape index (κ3) is 3.59. The van der Waals surface area contributed by atoms with Crippen molar-refractivity contribution >= 4 is 24.6 Å². The van der Waals surface area contributed by atoms with E-state index in [1.807, 2.05) is 45.9 Å². The Hall–Kier alpha value is -1.79. The van der Waals surface area contributed by atoms with Crippen LogP contribution in [0.4, 0.5) is 0 Å². The Morgan fingerprint density at radius 1 is 1.13 bits per heavy atom. The minimum atomic E-state index is -0.526. The second kappa shape index (κ2) is 6.38. The third-order valence-corrected chi connectivity index (χ3v) is 4.37. The zero-order valence-corrected chi connectivity index (χ0v) is 14.5. The third-order valence-electron chi connectivity index (χ3n) is 4.37. The van der Waals surface area contributed by atoms with Gasteiger partial charge in [0.05, 0.1) is 25.4 Å². The summed E-state index contributed by atoms with van der Waals surface area (Å²) in [5.74, 6) is 0.275. The standard InChI is InChI=1S/C17H23BO5/c1-16(2)17(3,4)23-18(22-16)13-11-12(7-9-14(13)20-5)8-10-15(19)21-6/h7-11H,1-6H3. The zero-order chi connectivity index (χ0) is 17.3. The highest BCUT2D eigenvalue weighted by molar-refractivity contribution is 6.63. The summed E-state index contributed by atoms with van der Waals surface area (Å²) in [6, 6.07) is 5.57. The molecule has 0 saturated carbocycles. The maximum atomic E-state index is 11.2. The zero-order valence-electron chi connectivity index (χ0n) is 14.5. The van der Waals surface area contributed by atoms with Gasteiger partial charge in [-0.25, -0.2) is 4.79 Å². The Morgan fingerprint density at radius 3 is 2.26 bits per heavy atom. The highest BCUT2D eigenvalue weighted by Gasteiger charge is 2.52. The second-order valence-corrected chi connectivity index (χ2v) is 6.45. The van der Waals surface area contributed by atoms with Crippen LogP contribution in [-0.2, 0) is 18.8 Å². The molecule has 0 atom stereocenters. The Morgan fingerprint density at radius 2 is 1.74 bits per heavy atom. The molecule has 1 aromatic carbocycles. The summed E-state index contributed by atoms with van der Waals surface area (Å²) in [6.07, 6.45) is 3.05. The molecule has 1 fully saturated rings. The molecule has 1 aromatic rings. The number of hydrogen-bond acceptors (Lipinski definition) is 5. The maximum Gasteiger partial charge on any atom is 0.498 e. The van der Waals surface area contributed by atoms with Crippen molar-refractivity contribution in [3.8, 4) is 5.75 Å². The number of carbonyl (C=O) groups is 1. The van der Waals surface area contributed by atoms with E-state index in [9.17, 15) is 4.79 Å². The van der Waals surface area contributed by atoms with Crippen molar-refractivity contribution in [1.29, 1.82) is 0 Å². The number of rotatable bonds is 4. The van der Waals surface area contributed by atoms with Crippen LogP contribution < -0.4 is 10.2 Å². The van der Waals surface area contributed by atoms with Gasteiger partial charge in [0.25, 0.3) is 0 Å². The minimum absolute atomic E-state index is 0.405. The molecule has 1 saturated heterocycles. The molecule has 0 spiro atoms. The van der Waals surface area contributed by atoms with E-state index in [0.717, 1.165) is 11.0 Å². The van der Waals surface area contributed by atoms with Crippen LogP contribution in [0.25, 0.3) is 6.08 Å². The quantitative estimate of drug-likeness (QED) is 0.484. The molecule has 0 unspecified atom stereocenters. The number of hydrogen-bond donors (Lipinski definition) is 0. The van der Waals surface area contributed by atoms with E-state index in [1.54, 1.807) is 13.2 Å². The predicted molar refractivity (Wildman–Crippen MR) is 89.8 cm³/mol. The Balaban J connectivity index is 2.34. The van der Waals surface area contributed by atoms with E-state index in [4.69, 9.17) is 14.0 Å². The van der Waals surface area contributed by atoms with E-state index in [2.05, 4.69) is 4.74 Å². The molecule has 1 heterocycles. The van der Waals surface area contributed by atoms with Crippen molar-refractivity contribution in [2.75, 3.05) is 14.2 Å². The van der Waals surface area contributed by atoms with E-state index in [-0.39, 0.29) is 0 Å². The molecule has 0 aliphatic carbocycles. The second-order valence-electron chi connectivity index (χ2n) is 6.45. The van der Waals surface area contributed by atoms with Gasteiger partial charge in [0, 0.05) is 11.5 Å². The van der Waals surface area contributed by atoms with E-state index in [1.165, 1.54) is 13.2 Å². The van der Waals surface area contributed by atoms with Gasteiger partial charge in [-0.3, -0.25) is 0 Å². The molecule has 23 heavy (non-hydrogen) atoms. The molecule has 0 bridgehead atoms. The first-order valence-electron chi connectivity index (χ1n) is 7.50. The van der Waals surface area contributed by atoms with Crippen molar-refractivity contribution in [1.82, 2.24) is 0 Å². The lowest BCUT2D eigenvalue weighted by Crippen LogP contribution is -2.41. The summed E-state index contributed by atoms with van der Waals surface area (Å²) in [7, 11) is 2.42. The van der Waals surface area contributed by atoms with Crippen LogP contribution in [0.3, 0.4) is 0 Å². The molecule has 5 nitrogen and oxygen atoms in total. The van der Waals surface area contributed by atoms with Crippen molar-refractivity contribution in [3.63, 3.8) is 0 Å². The van der Waals surface area contributed by atoms with Crippen LogP contribution >= 0.6 is 0 Å². The average molecular weight is 318 g/mol. The SMILES string of the molecule is COC(=O)C=Cc1ccc(OC)c(B2OC(C)(C)C(C)(C)O2)c1. The fourth-order valence-corrected chi connectivity index (χ4v) is 2.24. The minimum Gasteiger partial charge on any atom is -0.497 e. The van der Waals surface area contributed by atoms with Crippen molar-refractivity contribution in [2.24, 2.45) is 0 Å². The van der Waals surface area contributed by atoms with E-state index >= 15 is 0 Å². The van der Waals surface area contributed by atoms with Crippen molar-refractivity contribution < 1.29 is 23.6 Å². The first-order chi connectivity index (χ1) is 10.7. The van der Waals surface area contributed by atoms with Crippen LogP contribution in [0.5, 0.6) is 5.75 Å². The molecular formula is C17H23BO5. The van der Waals surface area contributed by atoms with Crippen molar-refractivity contribution in [3.05, 3.63) is 29.8 Å². The molecule has 1 aliphatic heterocycles. The smallest absolute Gasteiger partial charge is 0.497 e. The molecule has 0 N–H and O–H groups in total. The maximum absolute atomic E-state index is 11.2. The van der Waals surface area contributed by atoms with Crippen LogP contribution in [0.15, 0.2) is 24.3 Å². The number of esters is 1. The largest absolute Gasteiger partial charge is 0.498 e. The molecule has 0 aromatic heterocycles. The molecule has 124 valence electrons. The van der Waals surface area contributed by atoms with Crippen LogP contribution in [0.1, 0.15) is 33.3 Å². The molecule has 0 amide bonds. The first kappa shape index (κ1) is 17.6. The highest BCUT2D eigenvalue weighted by atomic mass is 16.7. The van der Waals surface area contributed by atoms with Gasteiger partial charge in [0.1, 0.15) is 5.75 Å². The van der Waals surface area contributed by atoms with Gasteiger partial charge in [-0.1, -0.05) is 12.1 Å². The Bertz CT molecular complexity index is 605. The number of carbonyl (C=O) groups excluding carboxylic acids is 1. The Labute approximate surface area is 137 Å². The lowest BCUT2D eigenvalue weighted by molar-refractivity contribution is -0.134. The number of ether oxygens (including phenoxy) is 2. The van der Waals surface area contributed by atoms with Gasteiger partial charge in [-0.2, -0.15) is 0 Å². The lowest BCUT2D eigenvalue weighted by Gasteiger charge is -2.32. The van der Waals surface area contributed by atoms with Crippen molar-refractivity contribution in [2.45, 2.75) is 38.9 Å². The molecule has 2 rings (SSSR count). The average Bonchev–Trinajstić information content (AvgIpc) is 2.72. The summed E-state index contributed by atoms with van der Waals surface area (Å²) in [5, 5.41) is 0. The van der Waals surface area contributed by atoms with Crippen LogP contribution in [0.2, 0.25) is 0 Å². The summed E-state index contributed by atoms with van der Waals surface area (Å²) in [5.41, 5.74) is 0.764. The molecule has 1 aliphatic rings. The summed E-state index contributed by atoms with van der Waals surface area (Å²) in [4.78, 5) is 11.2. The van der Waals surface area contributed by atoms with E-state index < -0.39 is 24.3 Å². The molecule has 0 radical (unpaired) electrons. The van der Waals surface area contributed by atoms with Gasteiger partial charge in [0.15, 0.2) is 0 Å². The summed E-state index contributed by atoms with van der Waals surface area (Å²) >= 11 is 0. The van der Waals surface area contributed by atoms with Crippen LogP contribution in [-0.4, -0.2) is 38.5 Å². The van der Waals surface area contributed by atoms with Gasteiger partial charge in [-0.05, 0) is 45.4 Å². The summed E-state index contributed by atoms with van der Waals surface area (Å²) in [6.45, 7) is 8.00. The predicted octanol–water partition coefficient (Wildman–Crippen LogP) is 2.18. The monoisotopic (exact) mass is 318 g/mol. The number of benzene rings is 1. The van der Waals surface area contributed by atoms with E-state index in [0.29, 0.717) is 5.75 Å². The topological polar surface area (TPSA) is 54.0 Å². The molecule has 6 heteroatoms. The van der Waals surface area contributed by atoms with Gasteiger partial charge < -0.3 is 18.8 Å². The highest BCUT2D eigenvalue weighted by Crippen LogP contribution is 2.37. The number of methoxy groups -OCH3 is 2. The van der Waals surface area contributed by atoms with Crippen LogP contribution in [0, 0.1) is 0 Å². The Kier molecular flexibility index (Phi) is 4.87. The fourth-order valence-electron chi connectivity index (χ4n) is 2.24.